The lowest BCUT2D eigenvalue weighted by Gasteiger charge is -2.26. The summed E-state index contributed by atoms with van der Waals surface area (Å²) in [6, 6.07) is 14.5. The molecule has 5 rings (SSSR count). The predicted molar refractivity (Wildman–Crippen MR) is 131 cm³/mol. The normalized spacial score (nSPS) is 15.8. The van der Waals surface area contributed by atoms with Gasteiger partial charge in [0.05, 0.1) is 25.5 Å². The summed E-state index contributed by atoms with van der Waals surface area (Å²) >= 11 is 0. The SMILES string of the molecule is O=C1c2ccc(Nc3ccc(F)cc3F)cc2CCc2ccc(OCCCN3CCOCC3)cc21. The van der Waals surface area contributed by atoms with E-state index in [2.05, 4.69) is 10.2 Å². The Morgan fingerprint density at radius 2 is 1.74 bits per heavy atom. The molecule has 0 saturated carbocycles. The summed E-state index contributed by atoms with van der Waals surface area (Å²) in [6.07, 6.45) is 2.33. The Bertz CT molecular complexity index is 1220. The first-order valence-electron chi connectivity index (χ1n) is 12.0. The van der Waals surface area contributed by atoms with Gasteiger partial charge in [0.15, 0.2) is 5.78 Å². The van der Waals surface area contributed by atoms with Gasteiger partial charge in [-0.05, 0) is 72.9 Å². The van der Waals surface area contributed by atoms with E-state index < -0.39 is 11.6 Å². The van der Waals surface area contributed by atoms with Crippen LogP contribution in [0.25, 0.3) is 0 Å². The maximum Gasteiger partial charge on any atom is 0.193 e. The van der Waals surface area contributed by atoms with Crippen LogP contribution in [-0.4, -0.2) is 50.1 Å². The van der Waals surface area contributed by atoms with Gasteiger partial charge in [-0.3, -0.25) is 9.69 Å². The van der Waals surface area contributed by atoms with Crippen LogP contribution in [0.3, 0.4) is 0 Å². The van der Waals surface area contributed by atoms with E-state index in [1.165, 1.54) is 12.1 Å². The van der Waals surface area contributed by atoms with Crippen LogP contribution in [0.5, 0.6) is 5.75 Å². The lowest BCUT2D eigenvalue weighted by atomic mass is 9.98. The number of anilines is 2. The fourth-order valence-corrected chi connectivity index (χ4v) is 4.64. The Kier molecular flexibility index (Phi) is 7.06. The van der Waals surface area contributed by atoms with E-state index in [0.717, 1.165) is 62.9 Å². The van der Waals surface area contributed by atoms with E-state index >= 15 is 0 Å². The van der Waals surface area contributed by atoms with Crippen LogP contribution in [-0.2, 0) is 17.6 Å². The summed E-state index contributed by atoms with van der Waals surface area (Å²) in [5, 5.41) is 2.98. The monoisotopic (exact) mass is 478 g/mol. The molecule has 0 amide bonds. The molecule has 0 aromatic heterocycles. The summed E-state index contributed by atoms with van der Waals surface area (Å²) in [4.78, 5) is 15.8. The van der Waals surface area contributed by atoms with Gasteiger partial charge >= 0.3 is 0 Å². The number of ketones is 1. The molecule has 182 valence electrons. The first-order valence-corrected chi connectivity index (χ1v) is 12.0. The van der Waals surface area contributed by atoms with E-state index in [9.17, 15) is 13.6 Å². The van der Waals surface area contributed by atoms with E-state index in [1.807, 2.05) is 24.3 Å². The molecular weight excluding hydrogens is 450 g/mol. The minimum Gasteiger partial charge on any atom is -0.494 e. The van der Waals surface area contributed by atoms with Crippen LogP contribution < -0.4 is 10.1 Å². The van der Waals surface area contributed by atoms with Gasteiger partial charge in [-0.1, -0.05) is 6.07 Å². The Morgan fingerprint density at radius 3 is 2.57 bits per heavy atom. The number of aryl methyl sites for hydroxylation is 2. The molecule has 0 atom stereocenters. The van der Waals surface area contributed by atoms with Crippen LogP contribution in [0.15, 0.2) is 54.6 Å². The number of fused-ring (bicyclic) bond motifs is 2. The number of benzene rings is 3. The van der Waals surface area contributed by atoms with Crippen molar-refractivity contribution in [1.29, 1.82) is 0 Å². The molecule has 7 heteroatoms. The van der Waals surface area contributed by atoms with Crippen molar-refractivity contribution >= 4 is 17.2 Å². The second kappa shape index (κ2) is 10.5. The molecule has 3 aromatic carbocycles. The van der Waals surface area contributed by atoms with Gasteiger partial charge in [-0.2, -0.15) is 0 Å². The van der Waals surface area contributed by atoms with Crippen LogP contribution in [0.1, 0.15) is 33.5 Å². The number of hydrogen-bond donors (Lipinski definition) is 1. The van der Waals surface area contributed by atoms with Crippen molar-refractivity contribution in [2.75, 3.05) is 44.8 Å². The fraction of sp³-hybridized carbons (Fsp3) is 0.321. The van der Waals surface area contributed by atoms with Gasteiger partial charge < -0.3 is 14.8 Å². The Labute approximate surface area is 203 Å². The maximum atomic E-state index is 14.0. The molecule has 0 bridgehead atoms. The first kappa shape index (κ1) is 23.5. The van der Waals surface area contributed by atoms with Gasteiger partial charge in [0.2, 0.25) is 0 Å². The van der Waals surface area contributed by atoms with Crippen molar-refractivity contribution in [1.82, 2.24) is 4.90 Å². The molecule has 1 aliphatic heterocycles. The first-order chi connectivity index (χ1) is 17.1. The van der Waals surface area contributed by atoms with Crippen molar-refractivity contribution in [3.8, 4) is 5.75 Å². The van der Waals surface area contributed by atoms with Crippen molar-refractivity contribution in [3.63, 3.8) is 0 Å². The zero-order valence-corrected chi connectivity index (χ0v) is 19.5. The zero-order valence-electron chi connectivity index (χ0n) is 19.5. The van der Waals surface area contributed by atoms with Gasteiger partial charge in [0, 0.05) is 42.5 Å². The quantitative estimate of drug-likeness (QED) is 0.477. The number of nitrogens with zero attached hydrogens (tertiary/aromatic N) is 1. The molecule has 0 spiro atoms. The number of morpholine rings is 1. The number of ether oxygens (including phenoxy) is 2. The van der Waals surface area contributed by atoms with Gasteiger partial charge in [0.25, 0.3) is 0 Å². The second-order valence-corrected chi connectivity index (χ2v) is 8.93. The fourth-order valence-electron chi connectivity index (χ4n) is 4.64. The largest absolute Gasteiger partial charge is 0.494 e. The minimum absolute atomic E-state index is 0.0363. The standard InChI is InChI=1S/C28H28F2N2O3/c29-21-5-9-27(26(30)17-21)31-22-6-8-24-20(16-22)3-2-19-4-7-23(18-25(19)28(24)33)35-13-1-10-32-11-14-34-15-12-32/h4-9,16-18,31H,1-3,10-15H2. The number of nitrogens with one attached hydrogen (secondary N) is 1. The lowest BCUT2D eigenvalue weighted by molar-refractivity contribution is 0.0358. The van der Waals surface area contributed by atoms with E-state index in [-0.39, 0.29) is 11.5 Å². The third-order valence-electron chi connectivity index (χ3n) is 6.54. The summed E-state index contributed by atoms with van der Waals surface area (Å²) < 4.78 is 38.6. The highest BCUT2D eigenvalue weighted by atomic mass is 19.1. The zero-order chi connectivity index (χ0) is 24.2. The van der Waals surface area contributed by atoms with Crippen molar-refractivity contribution in [2.24, 2.45) is 0 Å². The van der Waals surface area contributed by atoms with Gasteiger partial charge in [-0.15, -0.1) is 0 Å². The molecular formula is C28H28F2N2O3. The second-order valence-electron chi connectivity index (χ2n) is 8.93. The van der Waals surface area contributed by atoms with Gasteiger partial charge in [0.1, 0.15) is 17.4 Å². The highest BCUT2D eigenvalue weighted by molar-refractivity contribution is 6.11. The van der Waals surface area contributed by atoms with Crippen LogP contribution >= 0.6 is 0 Å². The topological polar surface area (TPSA) is 50.8 Å². The maximum absolute atomic E-state index is 14.0. The predicted octanol–water partition coefficient (Wildman–Crippen LogP) is 5.14. The molecule has 2 aliphatic rings. The number of carbonyl (C=O) groups excluding carboxylic acids is 1. The number of hydrogen-bond acceptors (Lipinski definition) is 5. The van der Waals surface area contributed by atoms with Crippen LogP contribution in [0, 0.1) is 11.6 Å². The van der Waals surface area contributed by atoms with Crippen molar-refractivity contribution < 1.29 is 23.0 Å². The molecule has 1 heterocycles. The van der Waals surface area contributed by atoms with E-state index in [0.29, 0.717) is 35.6 Å². The minimum atomic E-state index is -0.666. The molecule has 1 fully saturated rings. The molecule has 1 saturated heterocycles. The molecule has 3 aromatic rings. The highest BCUT2D eigenvalue weighted by Gasteiger charge is 2.22. The Hall–Kier alpha value is -3.29. The van der Waals surface area contributed by atoms with Crippen molar-refractivity contribution in [3.05, 3.63) is 88.5 Å². The average molecular weight is 479 g/mol. The number of rotatable bonds is 7. The Morgan fingerprint density at radius 1 is 0.914 bits per heavy atom. The third kappa shape index (κ3) is 5.52. The number of carbonyl (C=O) groups is 1. The molecule has 0 radical (unpaired) electrons. The molecule has 1 aliphatic carbocycles. The summed E-state index contributed by atoms with van der Waals surface area (Å²) in [7, 11) is 0. The van der Waals surface area contributed by atoms with E-state index in [1.54, 1.807) is 12.1 Å². The van der Waals surface area contributed by atoms with Gasteiger partial charge in [-0.25, -0.2) is 8.78 Å². The smallest absolute Gasteiger partial charge is 0.193 e. The molecule has 0 unspecified atom stereocenters. The molecule has 5 nitrogen and oxygen atoms in total. The van der Waals surface area contributed by atoms with E-state index in [4.69, 9.17) is 9.47 Å². The summed E-state index contributed by atoms with van der Waals surface area (Å²) in [5.74, 6) is -0.627. The average Bonchev–Trinajstić information content (AvgIpc) is 3.00. The summed E-state index contributed by atoms with van der Waals surface area (Å²) in [5.41, 5.74) is 4.03. The highest BCUT2D eigenvalue weighted by Crippen LogP contribution is 2.30. The van der Waals surface area contributed by atoms with Crippen LogP contribution in [0.2, 0.25) is 0 Å². The summed E-state index contributed by atoms with van der Waals surface area (Å²) in [6.45, 7) is 5.06. The van der Waals surface area contributed by atoms with Crippen molar-refractivity contribution in [2.45, 2.75) is 19.3 Å². The number of halogens is 2. The van der Waals surface area contributed by atoms with Crippen LogP contribution in [0.4, 0.5) is 20.2 Å². The molecule has 1 N–H and O–H groups in total. The third-order valence-corrected chi connectivity index (χ3v) is 6.54. The Balaban J connectivity index is 1.26. The lowest BCUT2D eigenvalue weighted by Crippen LogP contribution is -2.37. The molecule has 35 heavy (non-hydrogen) atoms.